The fourth-order valence-electron chi connectivity index (χ4n) is 1.31. The zero-order valence-corrected chi connectivity index (χ0v) is 8.40. The van der Waals surface area contributed by atoms with Crippen molar-refractivity contribution in [1.29, 1.82) is 0 Å². The van der Waals surface area contributed by atoms with Crippen LogP contribution in [-0.2, 0) is 6.42 Å². The molecule has 0 spiro atoms. The van der Waals surface area contributed by atoms with E-state index in [2.05, 4.69) is 6.58 Å². The Morgan fingerprint density at radius 2 is 2.20 bits per heavy atom. The van der Waals surface area contributed by atoms with Crippen molar-refractivity contribution in [2.24, 2.45) is 0 Å². The minimum Gasteiger partial charge on any atom is -0.497 e. The van der Waals surface area contributed by atoms with Gasteiger partial charge < -0.3 is 14.8 Å². The van der Waals surface area contributed by atoms with Gasteiger partial charge in [0.25, 0.3) is 0 Å². The third-order valence-corrected chi connectivity index (χ3v) is 2.04. The predicted molar refractivity (Wildman–Crippen MR) is 56.7 cm³/mol. The van der Waals surface area contributed by atoms with Gasteiger partial charge in [0.15, 0.2) is 0 Å². The van der Waals surface area contributed by atoms with Crippen LogP contribution in [0.2, 0.25) is 0 Å². The van der Waals surface area contributed by atoms with E-state index in [1.54, 1.807) is 6.08 Å². The summed E-state index contributed by atoms with van der Waals surface area (Å²) in [6.45, 7) is 3.49. The van der Waals surface area contributed by atoms with Crippen molar-refractivity contribution in [3.05, 3.63) is 36.2 Å². The molecule has 1 aromatic carbocycles. The lowest BCUT2D eigenvalue weighted by Crippen LogP contribution is -2.32. The molecule has 0 saturated carbocycles. The van der Waals surface area contributed by atoms with Crippen LogP contribution in [-0.4, -0.2) is 24.3 Å². The first-order chi connectivity index (χ1) is 7.10. The lowest BCUT2D eigenvalue weighted by Gasteiger charge is -2.10. The number of methoxy groups -OCH3 is 1. The third-order valence-electron chi connectivity index (χ3n) is 2.04. The van der Waals surface area contributed by atoms with Gasteiger partial charge in [-0.1, -0.05) is 12.1 Å². The minimum absolute atomic E-state index is 0.121. The van der Waals surface area contributed by atoms with E-state index in [0.717, 1.165) is 6.07 Å². The van der Waals surface area contributed by atoms with Gasteiger partial charge in [0.05, 0.1) is 7.11 Å². The summed E-state index contributed by atoms with van der Waals surface area (Å²) in [4.78, 5) is 0. The highest BCUT2D eigenvalue weighted by Crippen LogP contribution is 2.15. The smallest absolute Gasteiger partial charge is 0.492 e. The van der Waals surface area contributed by atoms with Gasteiger partial charge in [-0.05, 0) is 12.0 Å². The van der Waals surface area contributed by atoms with Crippen LogP contribution in [0, 0.1) is 5.82 Å². The van der Waals surface area contributed by atoms with Crippen LogP contribution in [0.1, 0.15) is 5.56 Å². The van der Waals surface area contributed by atoms with Crippen LogP contribution in [0.5, 0.6) is 5.75 Å². The van der Waals surface area contributed by atoms with Crippen LogP contribution in [0.4, 0.5) is 4.39 Å². The van der Waals surface area contributed by atoms with Gasteiger partial charge in [0, 0.05) is 11.5 Å². The molecule has 2 N–H and O–H groups in total. The molecule has 0 saturated heterocycles. The van der Waals surface area contributed by atoms with E-state index in [4.69, 9.17) is 14.8 Å². The molecule has 15 heavy (non-hydrogen) atoms. The maximum absolute atomic E-state index is 13.4. The zero-order valence-electron chi connectivity index (χ0n) is 8.40. The highest BCUT2D eigenvalue weighted by molar-refractivity contribution is 6.59. The molecule has 0 fully saturated rings. The third kappa shape index (κ3) is 2.58. The van der Waals surface area contributed by atoms with Gasteiger partial charge in [-0.3, -0.25) is 0 Å². The largest absolute Gasteiger partial charge is 0.497 e. The Kier molecular flexibility index (Phi) is 3.88. The highest BCUT2D eigenvalue weighted by Gasteiger charge is 2.19. The molecule has 1 aromatic rings. The Bertz CT molecular complexity index is 366. The molecule has 0 heterocycles. The van der Waals surface area contributed by atoms with E-state index >= 15 is 0 Å². The number of hydrogen-bond acceptors (Lipinski definition) is 3. The number of benzene rings is 1. The molecule has 0 aliphatic heterocycles. The number of rotatable bonds is 4. The van der Waals surface area contributed by atoms with Crippen LogP contribution in [0.25, 0.3) is 0 Å². The molecule has 0 radical (unpaired) electrons. The quantitative estimate of drug-likeness (QED) is 0.552. The van der Waals surface area contributed by atoms with E-state index in [-0.39, 0.29) is 11.2 Å². The fourth-order valence-corrected chi connectivity index (χ4v) is 1.31. The summed E-state index contributed by atoms with van der Waals surface area (Å²) in [5, 5.41) is 18.1. The molecule has 0 aliphatic rings. The molecule has 0 amide bonds. The normalized spacial score (nSPS) is 9.87. The summed E-state index contributed by atoms with van der Waals surface area (Å²) in [7, 11) is -0.336. The van der Waals surface area contributed by atoms with Crippen LogP contribution < -0.4 is 10.2 Å². The summed E-state index contributed by atoms with van der Waals surface area (Å²) < 4.78 is 18.2. The molecule has 0 bridgehead atoms. The summed E-state index contributed by atoms with van der Waals surface area (Å²) in [6.07, 6.45) is 1.87. The average molecular weight is 210 g/mol. The van der Waals surface area contributed by atoms with Crippen molar-refractivity contribution in [2.75, 3.05) is 7.11 Å². The van der Waals surface area contributed by atoms with Crippen LogP contribution in [0.3, 0.4) is 0 Å². The van der Waals surface area contributed by atoms with Crippen molar-refractivity contribution in [2.45, 2.75) is 6.42 Å². The Labute approximate surface area is 88.0 Å². The second-order valence-electron chi connectivity index (χ2n) is 3.05. The standard InChI is InChI=1S/C10H12BFO3/c1-3-4-7-5-8(11(13)14)10(15-2)6-9(7)12/h3,5-6,13-14H,1,4H2,2H3. The molecule has 3 nitrogen and oxygen atoms in total. The van der Waals surface area contributed by atoms with Crippen molar-refractivity contribution >= 4 is 12.6 Å². The van der Waals surface area contributed by atoms with Crippen molar-refractivity contribution < 1.29 is 19.2 Å². The maximum atomic E-state index is 13.4. The van der Waals surface area contributed by atoms with E-state index < -0.39 is 12.9 Å². The van der Waals surface area contributed by atoms with Gasteiger partial charge in [0.2, 0.25) is 0 Å². The Balaban J connectivity index is 3.23. The van der Waals surface area contributed by atoms with Gasteiger partial charge in [-0.2, -0.15) is 0 Å². The van der Waals surface area contributed by atoms with E-state index in [0.29, 0.717) is 12.0 Å². The number of ether oxygens (including phenoxy) is 1. The fraction of sp³-hybridized carbons (Fsp3) is 0.200. The van der Waals surface area contributed by atoms with Crippen molar-refractivity contribution in [1.82, 2.24) is 0 Å². The Hall–Kier alpha value is -1.33. The second-order valence-corrected chi connectivity index (χ2v) is 3.05. The van der Waals surface area contributed by atoms with Crippen molar-refractivity contribution in [3.8, 4) is 5.75 Å². The Morgan fingerprint density at radius 1 is 1.53 bits per heavy atom. The topological polar surface area (TPSA) is 49.7 Å². The minimum atomic E-state index is -1.68. The Morgan fingerprint density at radius 3 is 2.67 bits per heavy atom. The predicted octanol–water partition coefficient (Wildman–Crippen LogP) is 0.243. The molecule has 0 aliphatic carbocycles. The first-order valence-corrected chi connectivity index (χ1v) is 4.43. The van der Waals surface area contributed by atoms with Gasteiger partial charge in [-0.25, -0.2) is 4.39 Å². The maximum Gasteiger partial charge on any atom is 0.492 e. The summed E-state index contributed by atoms with van der Waals surface area (Å²) in [5.41, 5.74) is 0.504. The molecule has 0 atom stereocenters. The van der Waals surface area contributed by atoms with E-state index in [1.165, 1.54) is 13.2 Å². The molecule has 0 aromatic heterocycles. The van der Waals surface area contributed by atoms with E-state index in [1.807, 2.05) is 0 Å². The highest BCUT2D eigenvalue weighted by atomic mass is 19.1. The molecular weight excluding hydrogens is 198 g/mol. The molecular formula is C10H12BFO3. The number of allylic oxidation sites excluding steroid dienone is 1. The number of hydrogen-bond donors (Lipinski definition) is 2. The molecule has 1 rings (SSSR count). The lowest BCUT2D eigenvalue weighted by molar-refractivity contribution is 0.400. The first kappa shape index (κ1) is 11.7. The monoisotopic (exact) mass is 210 g/mol. The zero-order chi connectivity index (χ0) is 11.4. The summed E-state index contributed by atoms with van der Waals surface area (Å²) in [6, 6.07) is 2.49. The molecule has 80 valence electrons. The van der Waals surface area contributed by atoms with Crippen LogP contribution in [0.15, 0.2) is 24.8 Å². The number of halogens is 1. The van der Waals surface area contributed by atoms with Crippen LogP contribution >= 0.6 is 0 Å². The lowest BCUT2D eigenvalue weighted by atomic mass is 9.78. The summed E-state index contributed by atoms with van der Waals surface area (Å²) >= 11 is 0. The van der Waals surface area contributed by atoms with E-state index in [9.17, 15) is 4.39 Å². The van der Waals surface area contributed by atoms with Gasteiger partial charge in [0.1, 0.15) is 11.6 Å². The van der Waals surface area contributed by atoms with Crippen molar-refractivity contribution in [3.63, 3.8) is 0 Å². The first-order valence-electron chi connectivity index (χ1n) is 4.43. The summed E-state index contributed by atoms with van der Waals surface area (Å²) in [5.74, 6) is -0.327. The second kappa shape index (κ2) is 4.95. The average Bonchev–Trinajstić information content (AvgIpc) is 2.20. The van der Waals surface area contributed by atoms with Gasteiger partial charge in [-0.15, -0.1) is 6.58 Å². The van der Waals surface area contributed by atoms with Gasteiger partial charge >= 0.3 is 7.12 Å². The molecule has 0 unspecified atom stereocenters. The SMILES string of the molecule is C=CCc1cc(B(O)O)c(OC)cc1F. The molecule has 5 heteroatoms.